The fraction of sp³-hybridized carbons (Fsp3) is 0.455. The van der Waals surface area contributed by atoms with Crippen molar-refractivity contribution in [3.8, 4) is 0 Å². The maximum Gasteiger partial charge on any atom is 0.341 e. The first-order chi connectivity index (χ1) is 7.95. The Kier molecular flexibility index (Phi) is 5.14. The van der Waals surface area contributed by atoms with E-state index in [1.807, 2.05) is 6.92 Å². The maximum absolute atomic E-state index is 11.7. The van der Waals surface area contributed by atoms with Gasteiger partial charge < -0.3 is 10.1 Å². The number of amides is 1. The van der Waals surface area contributed by atoms with Crippen LogP contribution in [0.5, 0.6) is 0 Å². The Labute approximate surface area is 112 Å². The highest BCUT2D eigenvalue weighted by Crippen LogP contribution is 2.28. The SMILES string of the molecule is CCOC(=O)c1cc(C)sc1NC(=O)C(C)Br. The standard InChI is InChI=1S/C11H14BrNO3S/c1-4-16-11(15)8-5-6(2)17-10(8)13-9(14)7(3)12/h5,7H,4H2,1-3H3,(H,13,14). The second kappa shape index (κ2) is 6.16. The van der Waals surface area contributed by atoms with Gasteiger partial charge in [-0.25, -0.2) is 4.79 Å². The minimum absolute atomic E-state index is 0.183. The Morgan fingerprint density at radius 1 is 1.59 bits per heavy atom. The molecule has 1 aromatic rings. The normalized spacial score (nSPS) is 12.0. The number of carbonyl (C=O) groups is 2. The van der Waals surface area contributed by atoms with Crippen LogP contribution in [0.25, 0.3) is 0 Å². The summed E-state index contributed by atoms with van der Waals surface area (Å²) in [5.74, 6) is -0.591. The van der Waals surface area contributed by atoms with E-state index in [2.05, 4.69) is 21.2 Å². The van der Waals surface area contributed by atoms with E-state index < -0.39 is 5.97 Å². The molecule has 0 radical (unpaired) electrons. The molecule has 0 saturated heterocycles. The van der Waals surface area contributed by atoms with E-state index in [1.165, 1.54) is 11.3 Å². The molecular weight excluding hydrogens is 306 g/mol. The highest BCUT2D eigenvalue weighted by Gasteiger charge is 2.19. The molecule has 17 heavy (non-hydrogen) atoms. The number of rotatable bonds is 4. The first-order valence-electron chi connectivity index (χ1n) is 5.18. The van der Waals surface area contributed by atoms with Crippen LogP contribution in [0.3, 0.4) is 0 Å². The molecule has 0 aliphatic carbocycles. The fourth-order valence-electron chi connectivity index (χ4n) is 1.18. The molecule has 1 aromatic heterocycles. The molecule has 4 nitrogen and oxygen atoms in total. The summed E-state index contributed by atoms with van der Waals surface area (Å²) in [7, 11) is 0. The molecule has 0 aliphatic rings. The lowest BCUT2D eigenvalue weighted by Gasteiger charge is -2.06. The van der Waals surface area contributed by atoms with E-state index in [1.54, 1.807) is 19.9 Å². The van der Waals surface area contributed by atoms with Crippen LogP contribution < -0.4 is 5.32 Å². The number of nitrogens with one attached hydrogen (secondary N) is 1. The van der Waals surface area contributed by atoms with Gasteiger partial charge in [0.05, 0.1) is 17.0 Å². The average molecular weight is 320 g/mol. The number of thiophene rings is 1. The molecule has 1 amide bonds. The van der Waals surface area contributed by atoms with Gasteiger partial charge in [-0.3, -0.25) is 4.79 Å². The van der Waals surface area contributed by atoms with Crippen molar-refractivity contribution in [3.05, 3.63) is 16.5 Å². The number of hydrogen-bond donors (Lipinski definition) is 1. The number of anilines is 1. The molecule has 0 spiro atoms. The van der Waals surface area contributed by atoms with Gasteiger partial charge in [0.2, 0.25) is 5.91 Å². The zero-order chi connectivity index (χ0) is 13.0. The van der Waals surface area contributed by atoms with Crippen LogP contribution >= 0.6 is 27.3 Å². The molecule has 0 aromatic carbocycles. The summed E-state index contributed by atoms with van der Waals surface area (Å²) < 4.78 is 4.93. The van der Waals surface area contributed by atoms with Crippen molar-refractivity contribution >= 4 is 44.1 Å². The van der Waals surface area contributed by atoms with E-state index >= 15 is 0 Å². The van der Waals surface area contributed by atoms with Crippen LogP contribution in [0.2, 0.25) is 0 Å². The summed E-state index contributed by atoms with van der Waals surface area (Å²) in [6, 6.07) is 1.72. The molecule has 6 heteroatoms. The summed E-state index contributed by atoms with van der Waals surface area (Å²) in [5.41, 5.74) is 0.413. The van der Waals surface area contributed by atoms with Gasteiger partial charge in [-0.15, -0.1) is 11.3 Å². The highest BCUT2D eigenvalue weighted by atomic mass is 79.9. The van der Waals surface area contributed by atoms with Gasteiger partial charge in [-0.1, -0.05) is 15.9 Å². The second-order valence-corrected chi connectivity index (χ2v) is 6.06. The Morgan fingerprint density at radius 3 is 2.76 bits per heavy atom. The first kappa shape index (κ1) is 14.2. The number of carbonyl (C=O) groups excluding carboxylic acids is 2. The van der Waals surface area contributed by atoms with Crippen molar-refractivity contribution < 1.29 is 14.3 Å². The molecule has 1 atom stereocenters. The topological polar surface area (TPSA) is 55.4 Å². The lowest BCUT2D eigenvalue weighted by atomic mass is 10.3. The summed E-state index contributed by atoms with van der Waals surface area (Å²) in [6.45, 7) is 5.66. The molecule has 1 rings (SSSR count). The van der Waals surface area contributed by atoms with Crippen LogP contribution in [0.1, 0.15) is 29.1 Å². The maximum atomic E-state index is 11.7. The lowest BCUT2D eigenvalue weighted by Crippen LogP contribution is -2.20. The minimum atomic E-state index is -0.408. The second-order valence-electron chi connectivity index (χ2n) is 3.43. The van der Waals surface area contributed by atoms with Crippen molar-refractivity contribution in [1.29, 1.82) is 0 Å². The van der Waals surface area contributed by atoms with Crippen molar-refractivity contribution in [2.24, 2.45) is 0 Å². The highest BCUT2D eigenvalue weighted by molar-refractivity contribution is 9.10. The summed E-state index contributed by atoms with van der Waals surface area (Å²) in [6.07, 6.45) is 0. The number of halogens is 1. The van der Waals surface area contributed by atoms with Crippen LogP contribution in [-0.2, 0) is 9.53 Å². The quantitative estimate of drug-likeness (QED) is 0.685. The predicted molar refractivity (Wildman–Crippen MR) is 72.0 cm³/mol. The van der Waals surface area contributed by atoms with E-state index in [9.17, 15) is 9.59 Å². The molecule has 0 aliphatic heterocycles. The van der Waals surface area contributed by atoms with Gasteiger partial charge in [0.25, 0.3) is 0 Å². The van der Waals surface area contributed by atoms with Gasteiger partial charge in [0, 0.05) is 4.88 Å². The van der Waals surface area contributed by atoms with Crippen molar-refractivity contribution in [2.75, 3.05) is 11.9 Å². The molecule has 0 fully saturated rings. The molecule has 1 heterocycles. The zero-order valence-electron chi connectivity index (χ0n) is 9.87. The van der Waals surface area contributed by atoms with Gasteiger partial charge in [-0.05, 0) is 26.8 Å². The van der Waals surface area contributed by atoms with Crippen molar-refractivity contribution in [2.45, 2.75) is 25.6 Å². The average Bonchev–Trinajstić information content (AvgIpc) is 2.59. The van der Waals surface area contributed by atoms with Crippen LogP contribution in [-0.4, -0.2) is 23.3 Å². The van der Waals surface area contributed by atoms with Gasteiger partial charge in [0.15, 0.2) is 0 Å². The van der Waals surface area contributed by atoms with Crippen LogP contribution in [0.15, 0.2) is 6.07 Å². The summed E-state index contributed by atoms with van der Waals surface area (Å²) in [5, 5.41) is 3.24. The van der Waals surface area contributed by atoms with Gasteiger partial charge >= 0.3 is 5.97 Å². The van der Waals surface area contributed by atoms with E-state index in [0.717, 1.165) is 4.88 Å². The minimum Gasteiger partial charge on any atom is -0.462 e. The van der Waals surface area contributed by atoms with Crippen molar-refractivity contribution in [1.82, 2.24) is 0 Å². The molecule has 0 bridgehead atoms. The number of alkyl halides is 1. The molecule has 0 saturated carbocycles. The smallest absolute Gasteiger partial charge is 0.341 e. The summed E-state index contributed by atoms with van der Waals surface area (Å²) >= 11 is 4.53. The van der Waals surface area contributed by atoms with Gasteiger partial charge in [-0.2, -0.15) is 0 Å². The Morgan fingerprint density at radius 2 is 2.24 bits per heavy atom. The number of esters is 1. The van der Waals surface area contributed by atoms with E-state index in [-0.39, 0.29) is 10.7 Å². The largest absolute Gasteiger partial charge is 0.462 e. The Balaban J connectivity index is 2.92. The third kappa shape index (κ3) is 3.81. The van der Waals surface area contributed by atoms with Crippen LogP contribution in [0, 0.1) is 6.92 Å². The zero-order valence-corrected chi connectivity index (χ0v) is 12.3. The summed E-state index contributed by atoms with van der Waals surface area (Å²) in [4.78, 5) is 23.8. The predicted octanol–water partition coefficient (Wildman–Crippen LogP) is 2.96. The Hall–Kier alpha value is -0.880. The molecule has 1 N–H and O–H groups in total. The van der Waals surface area contributed by atoms with Crippen LogP contribution in [0.4, 0.5) is 5.00 Å². The third-order valence-corrected chi connectivity index (χ3v) is 3.33. The Bertz CT molecular complexity index is 428. The monoisotopic (exact) mass is 319 g/mol. The molecule has 1 unspecified atom stereocenters. The fourth-order valence-corrected chi connectivity index (χ4v) is 2.20. The molecule has 94 valence electrons. The number of ether oxygens (including phenoxy) is 1. The lowest BCUT2D eigenvalue weighted by molar-refractivity contribution is -0.115. The molecular formula is C11H14BrNO3S. The first-order valence-corrected chi connectivity index (χ1v) is 6.91. The third-order valence-electron chi connectivity index (χ3n) is 1.95. The van der Waals surface area contributed by atoms with Crippen molar-refractivity contribution in [3.63, 3.8) is 0 Å². The number of aryl methyl sites for hydroxylation is 1. The van der Waals surface area contributed by atoms with Gasteiger partial charge in [0.1, 0.15) is 5.00 Å². The van der Waals surface area contributed by atoms with E-state index in [0.29, 0.717) is 17.2 Å². The van der Waals surface area contributed by atoms with E-state index in [4.69, 9.17) is 4.74 Å². The number of hydrogen-bond acceptors (Lipinski definition) is 4.